The molecule has 1 N–H and O–H groups in total. The van der Waals surface area contributed by atoms with E-state index in [2.05, 4.69) is 25.1 Å². The largest absolute Gasteiger partial charge is 0.475 e. The number of ether oxygens (including phenoxy) is 1. The van der Waals surface area contributed by atoms with Crippen molar-refractivity contribution < 1.29 is 13.5 Å². The highest BCUT2D eigenvalue weighted by atomic mass is 19.1. The molecule has 0 spiro atoms. The molecule has 0 aliphatic rings. The molecule has 0 saturated carbocycles. The van der Waals surface area contributed by atoms with Crippen LogP contribution in [0.3, 0.4) is 0 Å². The second-order valence-corrected chi connectivity index (χ2v) is 4.41. The zero-order valence-electron chi connectivity index (χ0n) is 10.6. The van der Waals surface area contributed by atoms with E-state index < -0.39 is 17.4 Å². The van der Waals surface area contributed by atoms with Crippen LogP contribution in [-0.4, -0.2) is 13.2 Å². The molecule has 98 valence electrons. The van der Waals surface area contributed by atoms with Crippen molar-refractivity contribution >= 4 is 0 Å². The standard InChI is InChI=1S/C14H17F2NO/c1-4-5-18-14-12(15)6-11(7-13(14)16)9-17-8-10(2)3/h1,6-7,10,17H,5,8-9H2,2-3H3. The number of rotatable bonds is 6. The van der Waals surface area contributed by atoms with Gasteiger partial charge in [-0.25, -0.2) is 8.78 Å². The smallest absolute Gasteiger partial charge is 0.192 e. The first-order chi connectivity index (χ1) is 8.54. The van der Waals surface area contributed by atoms with E-state index in [1.165, 1.54) is 12.1 Å². The predicted molar refractivity (Wildman–Crippen MR) is 67.2 cm³/mol. The molecule has 0 aliphatic heterocycles. The van der Waals surface area contributed by atoms with E-state index in [4.69, 9.17) is 11.2 Å². The van der Waals surface area contributed by atoms with Gasteiger partial charge in [0.05, 0.1) is 0 Å². The zero-order valence-corrected chi connectivity index (χ0v) is 10.6. The molecule has 0 saturated heterocycles. The van der Waals surface area contributed by atoms with Crippen molar-refractivity contribution in [1.82, 2.24) is 5.32 Å². The van der Waals surface area contributed by atoms with Gasteiger partial charge in [-0.05, 0) is 30.2 Å². The summed E-state index contributed by atoms with van der Waals surface area (Å²) in [6.45, 7) is 5.18. The quantitative estimate of drug-likeness (QED) is 0.787. The van der Waals surface area contributed by atoms with Gasteiger partial charge in [-0.3, -0.25) is 0 Å². The molecule has 0 unspecified atom stereocenters. The Bertz CT molecular complexity index is 415. The van der Waals surface area contributed by atoms with Gasteiger partial charge in [0.15, 0.2) is 17.4 Å². The summed E-state index contributed by atoms with van der Waals surface area (Å²) in [6.07, 6.45) is 4.97. The Morgan fingerprint density at radius 1 is 1.33 bits per heavy atom. The summed E-state index contributed by atoms with van der Waals surface area (Å²) in [4.78, 5) is 0. The topological polar surface area (TPSA) is 21.3 Å². The number of halogens is 2. The van der Waals surface area contributed by atoms with E-state index in [-0.39, 0.29) is 6.61 Å². The lowest BCUT2D eigenvalue weighted by molar-refractivity contribution is 0.325. The van der Waals surface area contributed by atoms with E-state index in [1.807, 2.05) is 0 Å². The van der Waals surface area contributed by atoms with E-state index >= 15 is 0 Å². The summed E-state index contributed by atoms with van der Waals surface area (Å²) in [5, 5.41) is 3.11. The molecular formula is C14H17F2NO. The normalized spacial score (nSPS) is 10.4. The number of benzene rings is 1. The van der Waals surface area contributed by atoms with Crippen molar-refractivity contribution in [2.24, 2.45) is 5.92 Å². The highest BCUT2D eigenvalue weighted by molar-refractivity contribution is 5.31. The van der Waals surface area contributed by atoms with Gasteiger partial charge in [-0.2, -0.15) is 0 Å². The number of hydrogen-bond acceptors (Lipinski definition) is 2. The van der Waals surface area contributed by atoms with Crippen LogP contribution in [0, 0.1) is 29.9 Å². The summed E-state index contributed by atoms with van der Waals surface area (Å²) < 4.78 is 31.9. The molecule has 0 radical (unpaired) electrons. The van der Waals surface area contributed by atoms with Gasteiger partial charge < -0.3 is 10.1 Å². The molecule has 0 aliphatic carbocycles. The second kappa shape index (κ2) is 6.97. The van der Waals surface area contributed by atoms with Gasteiger partial charge in [-0.1, -0.05) is 19.8 Å². The Morgan fingerprint density at radius 2 is 1.94 bits per heavy atom. The first-order valence-corrected chi connectivity index (χ1v) is 5.79. The highest BCUT2D eigenvalue weighted by Crippen LogP contribution is 2.23. The summed E-state index contributed by atoms with van der Waals surface area (Å²) in [5.74, 6) is 0.772. The van der Waals surface area contributed by atoms with E-state index in [1.54, 1.807) is 0 Å². The van der Waals surface area contributed by atoms with Gasteiger partial charge in [0.1, 0.15) is 6.61 Å². The molecule has 0 aromatic heterocycles. The molecule has 1 aromatic rings. The van der Waals surface area contributed by atoms with Crippen LogP contribution in [0.2, 0.25) is 0 Å². The van der Waals surface area contributed by atoms with Crippen LogP contribution in [0.25, 0.3) is 0 Å². The van der Waals surface area contributed by atoms with Gasteiger partial charge in [0, 0.05) is 6.54 Å². The van der Waals surface area contributed by atoms with Gasteiger partial charge in [0.2, 0.25) is 0 Å². The summed E-state index contributed by atoms with van der Waals surface area (Å²) >= 11 is 0. The fraction of sp³-hybridized carbons (Fsp3) is 0.429. The minimum Gasteiger partial charge on any atom is -0.475 e. The van der Waals surface area contributed by atoms with Crippen LogP contribution in [0.5, 0.6) is 5.75 Å². The Labute approximate surface area is 106 Å². The lowest BCUT2D eigenvalue weighted by Crippen LogP contribution is -2.19. The predicted octanol–water partition coefficient (Wildman–Crippen LogP) is 2.72. The van der Waals surface area contributed by atoms with Gasteiger partial charge in [0.25, 0.3) is 0 Å². The average molecular weight is 253 g/mol. The van der Waals surface area contributed by atoms with Crippen LogP contribution in [0.15, 0.2) is 12.1 Å². The fourth-order valence-corrected chi connectivity index (χ4v) is 1.47. The SMILES string of the molecule is C#CCOc1c(F)cc(CNCC(C)C)cc1F. The third-order valence-electron chi connectivity index (χ3n) is 2.24. The minimum atomic E-state index is -0.730. The summed E-state index contributed by atoms with van der Waals surface area (Å²) in [6, 6.07) is 2.50. The van der Waals surface area contributed by atoms with Crippen molar-refractivity contribution in [2.45, 2.75) is 20.4 Å². The van der Waals surface area contributed by atoms with E-state index in [0.717, 1.165) is 6.54 Å². The number of terminal acetylenes is 1. The average Bonchev–Trinajstić information content (AvgIpc) is 2.27. The van der Waals surface area contributed by atoms with Crippen molar-refractivity contribution in [3.05, 3.63) is 29.3 Å². The lowest BCUT2D eigenvalue weighted by atomic mass is 10.1. The molecule has 2 nitrogen and oxygen atoms in total. The summed E-state index contributed by atoms with van der Waals surface area (Å²) in [7, 11) is 0. The monoisotopic (exact) mass is 253 g/mol. The first-order valence-electron chi connectivity index (χ1n) is 5.79. The Balaban J connectivity index is 2.70. The molecule has 1 aromatic carbocycles. The third kappa shape index (κ3) is 4.34. The fourth-order valence-electron chi connectivity index (χ4n) is 1.47. The zero-order chi connectivity index (χ0) is 13.5. The molecule has 4 heteroatoms. The Hall–Kier alpha value is -1.60. The molecule has 0 atom stereocenters. The molecule has 0 bridgehead atoms. The molecule has 0 fully saturated rings. The van der Waals surface area contributed by atoms with Crippen molar-refractivity contribution in [3.63, 3.8) is 0 Å². The van der Waals surface area contributed by atoms with Crippen molar-refractivity contribution in [3.8, 4) is 18.1 Å². The van der Waals surface area contributed by atoms with Crippen molar-refractivity contribution in [2.75, 3.05) is 13.2 Å². The Kier molecular flexibility index (Phi) is 5.60. The van der Waals surface area contributed by atoms with E-state index in [0.29, 0.717) is 18.0 Å². The highest BCUT2D eigenvalue weighted by Gasteiger charge is 2.12. The van der Waals surface area contributed by atoms with Crippen molar-refractivity contribution in [1.29, 1.82) is 0 Å². The van der Waals surface area contributed by atoms with Crippen LogP contribution in [-0.2, 0) is 6.54 Å². The Morgan fingerprint density at radius 3 is 2.44 bits per heavy atom. The molecule has 1 rings (SSSR count). The minimum absolute atomic E-state index is 0.154. The maximum absolute atomic E-state index is 13.6. The van der Waals surface area contributed by atoms with Crippen LogP contribution in [0.1, 0.15) is 19.4 Å². The van der Waals surface area contributed by atoms with E-state index in [9.17, 15) is 8.78 Å². The van der Waals surface area contributed by atoms with Crippen LogP contribution < -0.4 is 10.1 Å². The molecule has 0 amide bonds. The first kappa shape index (κ1) is 14.5. The molecular weight excluding hydrogens is 236 g/mol. The maximum Gasteiger partial charge on any atom is 0.192 e. The third-order valence-corrected chi connectivity index (χ3v) is 2.24. The van der Waals surface area contributed by atoms with Gasteiger partial charge in [-0.15, -0.1) is 6.42 Å². The molecule has 18 heavy (non-hydrogen) atoms. The second-order valence-electron chi connectivity index (χ2n) is 4.41. The number of hydrogen-bond donors (Lipinski definition) is 1. The van der Waals surface area contributed by atoms with Crippen LogP contribution in [0.4, 0.5) is 8.78 Å². The maximum atomic E-state index is 13.6. The van der Waals surface area contributed by atoms with Crippen LogP contribution >= 0.6 is 0 Å². The lowest BCUT2D eigenvalue weighted by Gasteiger charge is -2.10. The van der Waals surface area contributed by atoms with Gasteiger partial charge >= 0.3 is 0 Å². The number of nitrogens with one attached hydrogen (secondary N) is 1. The summed E-state index contributed by atoms with van der Waals surface area (Å²) in [5.41, 5.74) is 0.540. The molecule has 0 heterocycles.